The molecule has 1 amide bonds. The molecule has 0 spiro atoms. The van der Waals surface area contributed by atoms with E-state index >= 15 is 0 Å². The number of fused-ring (bicyclic) bond motifs is 3. The average molecular weight is 677 g/mol. The molecule has 7 rings (SSSR count). The van der Waals surface area contributed by atoms with Crippen LogP contribution >= 0.6 is 8.53 Å². The van der Waals surface area contributed by atoms with Crippen molar-refractivity contribution in [3.05, 3.63) is 82.9 Å². The van der Waals surface area contributed by atoms with E-state index in [4.69, 9.17) is 18.5 Å². The lowest BCUT2D eigenvalue weighted by atomic mass is 9.96. The molecule has 4 aliphatic rings. The van der Waals surface area contributed by atoms with Gasteiger partial charge in [0.25, 0.3) is 8.53 Å². The Balaban J connectivity index is 1.13. The molecule has 1 unspecified atom stereocenters. The van der Waals surface area contributed by atoms with Crippen molar-refractivity contribution in [2.24, 2.45) is 5.92 Å². The van der Waals surface area contributed by atoms with Gasteiger partial charge in [-0.05, 0) is 32.2 Å². The molecule has 4 fully saturated rings. The molecule has 10 nitrogen and oxygen atoms in total. The van der Waals surface area contributed by atoms with Crippen LogP contribution in [0.5, 0.6) is 0 Å². The molecule has 5 heterocycles. The molecule has 4 aliphatic heterocycles. The van der Waals surface area contributed by atoms with Gasteiger partial charge in [-0.3, -0.25) is 9.36 Å². The van der Waals surface area contributed by atoms with Crippen molar-refractivity contribution in [2.45, 2.75) is 95.7 Å². The largest absolute Gasteiger partial charge is 0.368 e. The summed E-state index contributed by atoms with van der Waals surface area (Å²) in [7, 11) is -3.50. The van der Waals surface area contributed by atoms with Crippen molar-refractivity contribution >= 4 is 38.7 Å². The maximum Gasteiger partial charge on any atom is 0.351 e. The quantitative estimate of drug-likeness (QED) is 0.246. The number of hydrogen-bond donors (Lipinski definition) is 1. The van der Waals surface area contributed by atoms with E-state index in [9.17, 15) is 9.59 Å². The molecule has 1 aromatic heterocycles. The van der Waals surface area contributed by atoms with Gasteiger partial charge in [0.2, 0.25) is 5.91 Å². The number of rotatable bonds is 10. The molecule has 47 heavy (non-hydrogen) atoms. The van der Waals surface area contributed by atoms with E-state index in [0.717, 1.165) is 25.4 Å². The van der Waals surface area contributed by atoms with Crippen LogP contribution in [-0.2, 0) is 23.3 Å². The number of ether oxygens (including phenoxy) is 2. The second-order valence-electron chi connectivity index (χ2n) is 13.9. The summed E-state index contributed by atoms with van der Waals surface area (Å²) >= 11 is 0. The first-order chi connectivity index (χ1) is 22.6. The van der Waals surface area contributed by atoms with Crippen molar-refractivity contribution in [1.29, 1.82) is 0 Å². The average Bonchev–Trinajstić information content (AvgIpc) is 3.85. The van der Waals surface area contributed by atoms with Gasteiger partial charge in [-0.1, -0.05) is 98.4 Å². The number of amides is 1. The van der Waals surface area contributed by atoms with Gasteiger partial charge in [0.15, 0.2) is 6.23 Å². The van der Waals surface area contributed by atoms with Crippen molar-refractivity contribution in [1.82, 2.24) is 14.2 Å². The van der Waals surface area contributed by atoms with E-state index in [-0.39, 0.29) is 23.7 Å². The predicted octanol–water partition coefficient (Wildman–Crippen LogP) is 4.59. The molecule has 12 heteroatoms. The molecule has 0 aliphatic carbocycles. The molecule has 250 valence electrons. The van der Waals surface area contributed by atoms with E-state index in [1.807, 2.05) is 6.92 Å². The zero-order chi connectivity index (χ0) is 32.9. The number of nitrogens with one attached hydrogen (secondary N) is 1. The Labute approximate surface area is 278 Å². The van der Waals surface area contributed by atoms with Crippen LogP contribution in [0.15, 0.2) is 71.7 Å². The molecule has 0 saturated carbocycles. The summed E-state index contributed by atoms with van der Waals surface area (Å²) in [4.78, 5) is 29.8. The Morgan fingerprint density at radius 3 is 2.47 bits per heavy atom. The van der Waals surface area contributed by atoms with Crippen molar-refractivity contribution in [3.8, 4) is 0 Å². The Morgan fingerprint density at radius 1 is 1.15 bits per heavy atom. The smallest absolute Gasteiger partial charge is 0.351 e. The SMILES string of the molecule is CC[C@@]12CO[C@@H](C1O[P@]1O[C@@H](C[Si](C)(c3ccccc3)c3ccccc3)[C@H]3CCCN31)[C@H](n1cc(C)c(NC(=O)C(C)C)nc1=O)O2. The topological polar surface area (TPSA) is 104 Å². The van der Waals surface area contributed by atoms with Crippen LogP contribution in [0.3, 0.4) is 0 Å². The van der Waals surface area contributed by atoms with Crippen molar-refractivity contribution in [2.75, 3.05) is 18.5 Å². The summed E-state index contributed by atoms with van der Waals surface area (Å²) in [6.07, 6.45) is 3.02. The fraction of sp³-hybridized carbons (Fsp3) is 0.514. The molecule has 4 saturated heterocycles. The van der Waals surface area contributed by atoms with Crippen LogP contribution < -0.4 is 21.4 Å². The second-order valence-corrected chi connectivity index (χ2v) is 19.5. The number of nitrogens with zero attached hydrogens (tertiary/aromatic N) is 3. The fourth-order valence-corrected chi connectivity index (χ4v) is 13.6. The zero-order valence-corrected chi connectivity index (χ0v) is 29.7. The van der Waals surface area contributed by atoms with Gasteiger partial charge in [-0.2, -0.15) is 4.98 Å². The highest BCUT2D eigenvalue weighted by atomic mass is 31.2. The van der Waals surface area contributed by atoms with Crippen LogP contribution in [0.1, 0.15) is 51.8 Å². The maximum absolute atomic E-state index is 13.3. The molecule has 2 aromatic carbocycles. The number of hydrogen-bond acceptors (Lipinski definition) is 8. The molecular weight excluding hydrogens is 631 g/mol. The highest BCUT2D eigenvalue weighted by molar-refractivity contribution is 7.45. The van der Waals surface area contributed by atoms with Gasteiger partial charge < -0.3 is 23.8 Å². The van der Waals surface area contributed by atoms with Gasteiger partial charge in [0.1, 0.15) is 31.7 Å². The molecule has 7 atom stereocenters. The second kappa shape index (κ2) is 12.9. The van der Waals surface area contributed by atoms with Crippen LogP contribution in [0, 0.1) is 12.8 Å². The number of aromatic nitrogens is 2. The summed E-state index contributed by atoms with van der Waals surface area (Å²) in [6.45, 7) is 11.3. The number of aryl methyl sites for hydroxylation is 1. The molecule has 0 radical (unpaired) electrons. The highest BCUT2D eigenvalue weighted by Crippen LogP contribution is 2.61. The van der Waals surface area contributed by atoms with Gasteiger partial charge >= 0.3 is 5.69 Å². The van der Waals surface area contributed by atoms with E-state index in [1.165, 1.54) is 14.9 Å². The van der Waals surface area contributed by atoms with E-state index in [2.05, 4.69) is 89.1 Å². The van der Waals surface area contributed by atoms with Crippen LogP contribution in [0.4, 0.5) is 5.82 Å². The minimum Gasteiger partial charge on any atom is -0.368 e. The first-order valence-electron chi connectivity index (χ1n) is 16.8. The lowest BCUT2D eigenvalue weighted by molar-refractivity contribution is -0.175. The van der Waals surface area contributed by atoms with E-state index in [1.54, 1.807) is 20.0 Å². The van der Waals surface area contributed by atoms with Crippen molar-refractivity contribution in [3.63, 3.8) is 0 Å². The Morgan fingerprint density at radius 2 is 1.83 bits per heavy atom. The summed E-state index contributed by atoms with van der Waals surface area (Å²) in [5.74, 6) is -0.156. The lowest BCUT2D eigenvalue weighted by Gasteiger charge is -2.32. The molecule has 2 bridgehead atoms. The van der Waals surface area contributed by atoms with Crippen molar-refractivity contribution < 1.29 is 23.3 Å². The van der Waals surface area contributed by atoms with Gasteiger partial charge in [-0.15, -0.1) is 0 Å². The van der Waals surface area contributed by atoms with Crippen LogP contribution in [0.25, 0.3) is 0 Å². The normalized spacial score (nSPS) is 30.3. The summed E-state index contributed by atoms with van der Waals surface area (Å²) in [5, 5.41) is 5.58. The molecule has 3 aromatic rings. The Kier molecular flexibility index (Phi) is 9.01. The van der Waals surface area contributed by atoms with E-state index < -0.39 is 46.3 Å². The van der Waals surface area contributed by atoms with Crippen LogP contribution in [0.2, 0.25) is 12.6 Å². The molecular formula is C35H45N4O6PSi. The summed E-state index contributed by atoms with van der Waals surface area (Å²) in [6, 6.07) is 23.1. The minimum atomic E-state index is -2.14. The number of carbonyl (C=O) groups is 1. The molecule has 1 N–H and O–H groups in total. The van der Waals surface area contributed by atoms with E-state index in [0.29, 0.717) is 24.6 Å². The Bertz CT molecular complexity index is 1620. The monoisotopic (exact) mass is 676 g/mol. The predicted molar refractivity (Wildman–Crippen MR) is 185 cm³/mol. The number of anilines is 1. The zero-order valence-electron chi connectivity index (χ0n) is 27.8. The first-order valence-corrected chi connectivity index (χ1v) is 20.7. The van der Waals surface area contributed by atoms with Gasteiger partial charge in [0.05, 0.1) is 12.7 Å². The summed E-state index contributed by atoms with van der Waals surface area (Å²) < 4.78 is 30.9. The van der Waals surface area contributed by atoms with Gasteiger partial charge in [-0.25, -0.2) is 9.46 Å². The third-order valence-corrected chi connectivity index (χ3v) is 16.7. The number of carbonyl (C=O) groups excluding carboxylic acids is 1. The minimum absolute atomic E-state index is 0.0537. The van der Waals surface area contributed by atoms with Crippen LogP contribution in [-0.4, -0.2) is 71.3 Å². The highest BCUT2D eigenvalue weighted by Gasteiger charge is 2.64. The first kappa shape index (κ1) is 32.8. The number of benzene rings is 2. The third-order valence-electron chi connectivity index (χ3n) is 10.5. The standard InChI is InChI=1S/C35H45N4O6PSi/c1-6-35-22-42-29(33(43-35)38-20-24(4)31(37-34(38)41)36-32(40)23(2)3)30(35)45-46-39-19-13-18-27(39)28(44-46)21-47(5,25-14-9-7-10-15-25)26-16-11-8-12-17-26/h7-12,14-17,20,23,27-30,33H,6,13,18-19,21-22H2,1-5H3,(H,36,37,40,41)/t27-,28+,29+,30?,33-,35-,46+/m1/s1. The fourth-order valence-electron chi connectivity index (χ4n) is 7.62. The maximum atomic E-state index is 13.3. The van der Waals surface area contributed by atoms with Gasteiger partial charge in [0, 0.05) is 30.3 Å². The summed E-state index contributed by atoms with van der Waals surface area (Å²) in [5.41, 5.74) is -0.540. The lowest BCUT2D eigenvalue weighted by Crippen LogP contribution is -2.58. The Hall–Kier alpha value is -2.76. The third kappa shape index (κ3) is 5.84.